The van der Waals surface area contributed by atoms with Crippen LogP contribution in [0, 0.1) is 5.92 Å². The van der Waals surface area contributed by atoms with Gasteiger partial charge in [-0.25, -0.2) is 0 Å². The molecule has 0 saturated heterocycles. The number of hydrogen-bond acceptors (Lipinski definition) is 4. The van der Waals surface area contributed by atoms with Crippen LogP contribution in [0.4, 0.5) is 5.69 Å². The standard InChI is InChI=1S/C16H20N4O2S/c1-11(2)15(23-13-6-4-3-5-7-13)16(22)19-12-8-18-20(9-12)10-14(17)21/h3-9,11,15H,10H2,1-2H3,(H2,17,21)(H,19,22). The molecule has 23 heavy (non-hydrogen) atoms. The van der Waals surface area contributed by atoms with Gasteiger partial charge >= 0.3 is 0 Å². The Kier molecular flexibility index (Phi) is 5.81. The molecular weight excluding hydrogens is 312 g/mol. The minimum absolute atomic E-state index is 0.0117. The number of primary amides is 1. The summed E-state index contributed by atoms with van der Waals surface area (Å²) in [6.45, 7) is 4.01. The fourth-order valence-corrected chi connectivity index (χ4v) is 3.07. The highest BCUT2D eigenvalue weighted by Gasteiger charge is 2.24. The first-order valence-corrected chi connectivity index (χ1v) is 8.17. The second kappa shape index (κ2) is 7.82. The minimum atomic E-state index is -0.481. The topological polar surface area (TPSA) is 90.0 Å². The molecule has 122 valence electrons. The van der Waals surface area contributed by atoms with E-state index >= 15 is 0 Å². The predicted octanol–water partition coefficient (Wildman–Crippen LogP) is 2.12. The van der Waals surface area contributed by atoms with Gasteiger partial charge in [-0.2, -0.15) is 5.10 Å². The average Bonchev–Trinajstić information content (AvgIpc) is 2.91. The van der Waals surface area contributed by atoms with E-state index in [0.29, 0.717) is 5.69 Å². The molecule has 0 saturated carbocycles. The Bertz CT molecular complexity index is 670. The first-order valence-electron chi connectivity index (χ1n) is 7.29. The summed E-state index contributed by atoms with van der Waals surface area (Å²) in [5.74, 6) is -0.404. The molecule has 2 rings (SSSR count). The van der Waals surface area contributed by atoms with E-state index in [0.717, 1.165) is 4.90 Å². The van der Waals surface area contributed by atoms with Crippen LogP contribution in [-0.2, 0) is 16.1 Å². The maximum absolute atomic E-state index is 12.5. The Morgan fingerprint density at radius 2 is 2.00 bits per heavy atom. The van der Waals surface area contributed by atoms with Crippen molar-refractivity contribution in [3.63, 3.8) is 0 Å². The molecule has 3 N–H and O–H groups in total. The number of rotatable bonds is 7. The van der Waals surface area contributed by atoms with Crippen LogP contribution in [0.15, 0.2) is 47.6 Å². The maximum atomic E-state index is 12.5. The Morgan fingerprint density at radius 3 is 2.61 bits per heavy atom. The second-order valence-electron chi connectivity index (χ2n) is 5.48. The number of thioether (sulfide) groups is 1. The molecule has 1 aromatic carbocycles. The van der Waals surface area contributed by atoms with Crippen LogP contribution >= 0.6 is 11.8 Å². The molecular formula is C16H20N4O2S. The maximum Gasteiger partial charge on any atom is 0.239 e. The lowest BCUT2D eigenvalue weighted by Gasteiger charge is -2.19. The Labute approximate surface area is 139 Å². The molecule has 7 heteroatoms. The van der Waals surface area contributed by atoms with Gasteiger partial charge in [-0.1, -0.05) is 32.0 Å². The normalized spacial score (nSPS) is 12.1. The van der Waals surface area contributed by atoms with Crippen molar-refractivity contribution in [2.45, 2.75) is 30.5 Å². The third kappa shape index (κ3) is 5.14. The molecule has 0 aliphatic rings. The number of nitrogens with two attached hydrogens (primary N) is 1. The van der Waals surface area contributed by atoms with E-state index in [4.69, 9.17) is 5.73 Å². The molecule has 0 bridgehead atoms. The largest absolute Gasteiger partial charge is 0.368 e. The van der Waals surface area contributed by atoms with E-state index in [9.17, 15) is 9.59 Å². The monoisotopic (exact) mass is 332 g/mol. The van der Waals surface area contributed by atoms with Crippen LogP contribution in [0.3, 0.4) is 0 Å². The molecule has 0 aliphatic carbocycles. The zero-order valence-corrected chi connectivity index (χ0v) is 13.9. The lowest BCUT2D eigenvalue weighted by atomic mass is 10.1. The van der Waals surface area contributed by atoms with Gasteiger partial charge in [0, 0.05) is 11.1 Å². The third-order valence-electron chi connectivity index (χ3n) is 3.09. The van der Waals surface area contributed by atoms with E-state index < -0.39 is 5.91 Å². The number of amides is 2. The first-order chi connectivity index (χ1) is 11.0. The van der Waals surface area contributed by atoms with Crippen LogP contribution in [-0.4, -0.2) is 26.8 Å². The first kappa shape index (κ1) is 17.1. The molecule has 6 nitrogen and oxygen atoms in total. The zero-order valence-electron chi connectivity index (χ0n) is 13.1. The van der Waals surface area contributed by atoms with E-state index in [1.165, 1.54) is 22.6 Å². The fraction of sp³-hybridized carbons (Fsp3) is 0.312. The number of hydrogen-bond donors (Lipinski definition) is 2. The van der Waals surface area contributed by atoms with Gasteiger partial charge in [0.1, 0.15) is 6.54 Å². The number of aromatic nitrogens is 2. The lowest BCUT2D eigenvalue weighted by molar-refractivity contribution is -0.118. The summed E-state index contributed by atoms with van der Waals surface area (Å²) < 4.78 is 1.40. The fourth-order valence-electron chi connectivity index (χ4n) is 2.03. The zero-order chi connectivity index (χ0) is 16.8. The summed E-state index contributed by atoms with van der Waals surface area (Å²) in [6.07, 6.45) is 3.10. The van der Waals surface area contributed by atoms with Crippen molar-refractivity contribution in [2.75, 3.05) is 5.32 Å². The van der Waals surface area contributed by atoms with Crippen LogP contribution < -0.4 is 11.1 Å². The molecule has 2 amide bonds. The molecule has 1 heterocycles. The number of nitrogens with one attached hydrogen (secondary N) is 1. The van der Waals surface area contributed by atoms with Crippen molar-refractivity contribution < 1.29 is 9.59 Å². The Balaban J connectivity index is 2.03. The van der Waals surface area contributed by atoms with Crippen molar-refractivity contribution in [1.82, 2.24) is 9.78 Å². The lowest BCUT2D eigenvalue weighted by Crippen LogP contribution is -2.29. The second-order valence-corrected chi connectivity index (χ2v) is 6.69. The van der Waals surface area contributed by atoms with E-state index in [1.807, 2.05) is 44.2 Å². The number of anilines is 1. The van der Waals surface area contributed by atoms with Crippen LogP contribution in [0.2, 0.25) is 0 Å². The van der Waals surface area contributed by atoms with E-state index in [1.54, 1.807) is 6.20 Å². The molecule has 0 radical (unpaired) electrons. The summed E-state index contributed by atoms with van der Waals surface area (Å²) in [7, 11) is 0. The summed E-state index contributed by atoms with van der Waals surface area (Å²) >= 11 is 1.53. The summed E-state index contributed by atoms with van der Waals surface area (Å²) in [4.78, 5) is 24.4. The quantitative estimate of drug-likeness (QED) is 0.760. The summed E-state index contributed by atoms with van der Waals surface area (Å²) in [6, 6.07) is 9.81. The molecule has 1 unspecified atom stereocenters. The average molecular weight is 332 g/mol. The van der Waals surface area contributed by atoms with Crippen LogP contribution in [0.5, 0.6) is 0 Å². The van der Waals surface area contributed by atoms with Crippen molar-refractivity contribution in [3.05, 3.63) is 42.7 Å². The van der Waals surface area contributed by atoms with Crippen LogP contribution in [0.1, 0.15) is 13.8 Å². The number of carbonyl (C=O) groups is 2. The number of carbonyl (C=O) groups excluding carboxylic acids is 2. The molecule has 0 fully saturated rings. The van der Waals surface area contributed by atoms with Crippen molar-refractivity contribution in [1.29, 1.82) is 0 Å². The predicted molar refractivity (Wildman–Crippen MR) is 91.0 cm³/mol. The summed E-state index contributed by atoms with van der Waals surface area (Å²) in [5.41, 5.74) is 5.67. The highest BCUT2D eigenvalue weighted by Crippen LogP contribution is 2.28. The summed E-state index contributed by atoms with van der Waals surface area (Å²) in [5, 5.41) is 6.61. The molecule has 1 aromatic heterocycles. The smallest absolute Gasteiger partial charge is 0.239 e. The van der Waals surface area contributed by atoms with Crippen molar-refractivity contribution >= 4 is 29.3 Å². The van der Waals surface area contributed by atoms with Gasteiger partial charge in [-0.15, -0.1) is 11.8 Å². The molecule has 0 spiro atoms. The highest BCUT2D eigenvalue weighted by atomic mass is 32.2. The van der Waals surface area contributed by atoms with Crippen LogP contribution in [0.25, 0.3) is 0 Å². The van der Waals surface area contributed by atoms with Gasteiger partial charge in [-0.05, 0) is 18.1 Å². The molecule has 1 atom stereocenters. The minimum Gasteiger partial charge on any atom is -0.368 e. The van der Waals surface area contributed by atoms with E-state index in [-0.39, 0.29) is 23.6 Å². The van der Waals surface area contributed by atoms with Crippen molar-refractivity contribution in [2.24, 2.45) is 11.7 Å². The number of nitrogens with zero attached hydrogens (tertiary/aromatic N) is 2. The van der Waals surface area contributed by atoms with E-state index in [2.05, 4.69) is 10.4 Å². The third-order valence-corrected chi connectivity index (χ3v) is 4.65. The Morgan fingerprint density at radius 1 is 1.30 bits per heavy atom. The van der Waals surface area contributed by atoms with Gasteiger partial charge in [0.05, 0.1) is 17.1 Å². The number of benzene rings is 1. The van der Waals surface area contributed by atoms with Crippen molar-refractivity contribution in [3.8, 4) is 0 Å². The molecule has 0 aliphatic heterocycles. The SMILES string of the molecule is CC(C)C(Sc1ccccc1)C(=O)Nc1cnn(CC(N)=O)c1. The highest BCUT2D eigenvalue weighted by molar-refractivity contribution is 8.00. The van der Waals surface area contributed by atoms with Gasteiger partial charge in [0.15, 0.2) is 0 Å². The molecule has 2 aromatic rings. The Hall–Kier alpha value is -2.28. The van der Waals surface area contributed by atoms with Gasteiger partial charge in [0.2, 0.25) is 11.8 Å². The van der Waals surface area contributed by atoms with Gasteiger partial charge in [-0.3, -0.25) is 14.3 Å². The van der Waals surface area contributed by atoms with Gasteiger partial charge < -0.3 is 11.1 Å². The van der Waals surface area contributed by atoms with Gasteiger partial charge in [0.25, 0.3) is 0 Å².